The molecule has 33 heavy (non-hydrogen) atoms. The van der Waals surface area contributed by atoms with E-state index in [1.54, 1.807) is 0 Å². The third-order valence-electron chi connectivity index (χ3n) is 8.05. The average molecular weight is 459 g/mol. The number of para-hydroxylation sites is 1. The molecule has 0 aromatic heterocycles. The molecule has 1 aromatic rings. The first kappa shape index (κ1) is 22.6. The Morgan fingerprint density at radius 3 is 2.76 bits per heavy atom. The lowest BCUT2D eigenvalue weighted by molar-refractivity contribution is -0.180. The van der Waals surface area contributed by atoms with Crippen molar-refractivity contribution in [2.45, 2.75) is 56.3 Å². The van der Waals surface area contributed by atoms with Crippen molar-refractivity contribution in [1.29, 1.82) is 0 Å². The van der Waals surface area contributed by atoms with E-state index in [9.17, 15) is 14.7 Å². The minimum absolute atomic E-state index is 0.0303. The molecule has 180 valence electrons. The van der Waals surface area contributed by atoms with Gasteiger partial charge < -0.3 is 24.2 Å². The van der Waals surface area contributed by atoms with Crippen molar-refractivity contribution in [2.75, 3.05) is 46.0 Å². The first-order valence-electron chi connectivity index (χ1n) is 12.1. The highest BCUT2D eigenvalue weighted by Gasteiger charge is 2.57. The van der Waals surface area contributed by atoms with Crippen molar-refractivity contribution >= 4 is 11.9 Å². The third-order valence-corrected chi connectivity index (χ3v) is 8.05. The lowest BCUT2D eigenvalue weighted by atomic mass is 9.68. The van der Waals surface area contributed by atoms with Crippen LogP contribution in [0.4, 0.5) is 0 Å². The van der Waals surface area contributed by atoms with E-state index in [2.05, 4.69) is 9.80 Å². The van der Waals surface area contributed by atoms with Gasteiger partial charge in [-0.05, 0) is 38.7 Å². The van der Waals surface area contributed by atoms with E-state index in [1.165, 1.54) is 0 Å². The topological polar surface area (TPSA) is 88.5 Å². The van der Waals surface area contributed by atoms with Gasteiger partial charge in [0.1, 0.15) is 11.4 Å². The molecule has 4 atom stereocenters. The molecule has 1 N–H and O–H groups in total. The average Bonchev–Trinajstić information content (AvgIpc) is 3.21. The maximum Gasteiger partial charge on any atom is 0.303 e. The largest absolute Gasteiger partial charge is 0.487 e. The maximum absolute atomic E-state index is 13.4. The van der Waals surface area contributed by atoms with Crippen LogP contribution >= 0.6 is 0 Å². The van der Waals surface area contributed by atoms with Gasteiger partial charge in [0.05, 0.1) is 38.0 Å². The highest BCUT2D eigenvalue weighted by molar-refractivity contribution is 5.79. The van der Waals surface area contributed by atoms with Crippen LogP contribution in [-0.2, 0) is 19.1 Å². The monoisotopic (exact) mass is 458 g/mol. The third kappa shape index (κ3) is 4.24. The van der Waals surface area contributed by atoms with E-state index >= 15 is 0 Å². The first-order chi connectivity index (χ1) is 15.9. The van der Waals surface area contributed by atoms with Gasteiger partial charge in [0, 0.05) is 37.5 Å². The number of nitrogens with zero attached hydrogens (tertiary/aromatic N) is 2. The summed E-state index contributed by atoms with van der Waals surface area (Å²) < 4.78 is 18.5. The van der Waals surface area contributed by atoms with E-state index < -0.39 is 11.6 Å². The number of rotatable bonds is 5. The maximum atomic E-state index is 13.4. The minimum Gasteiger partial charge on any atom is -0.487 e. The lowest BCUT2D eigenvalue weighted by Gasteiger charge is -2.54. The van der Waals surface area contributed by atoms with Gasteiger partial charge in [-0.2, -0.15) is 0 Å². The number of ether oxygens (including phenoxy) is 3. The van der Waals surface area contributed by atoms with Crippen LogP contribution in [0.25, 0.3) is 0 Å². The molecule has 4 aliphatic heterocycles. The fraction of sp³-hybridized carbons (Fsp3) is 0.680. The van der Waals surface area contributed by atoms with E-state index in [1.807, 2.05) is 31.2 Å². The molecule has 1 spiro atoms. The Bertz CT molecular complexity index is 903. The molecule has 0 saturated carbocycles. The molecule has 0 bridgehead atoms. The number of carbonyl (C=O) groups excluding carboxylic acids is 1. The van der Waals surface area contributed by atoms with E-state index in [4.69, 9.17) is 14.2 Å². The molecule has 8 heteroatoms. The summed E-state index contributed by atoms with van der Waals surface area (Å²) >= 11 is 0. The van der Waals surface area contributed by atoms with E-state index in [0.717, 1.165) is 50.2 Å². The fourth-order valence-electron chi connectivity index (χ4n) is 6.23. The van der Waals surface area contributed by atoms with Gasteiger partial charge in [-0.3, -0.25) is 14.5 Å². The van der Waals surface area contributed by atoms with Crippen molar-refractivity contribution in [2.24, 2.45) is 5.92 Å². The van der Waals surface area contributed by atoms with Crippen LogP contribution in [-0.4, -0.2) is 83.9 Å². The van der Waals surface area contributed by atoms with Crippen molar-refractivity contribution < 1.29 is 28.9 Å². The molecule has 1 aromatic carbocycles. The van der Waals surface area contributed by atoms with Crippen LogP contribution in [0, 0.1) is 5.92 Å². The Labute approximate surface area is 194 Å². The molecule has 0 aliphatic carbocycles. The van der Waals surface area contributed by atoms with Gasteiger partial charge >= 0.3 is 5.97 Å². The van der Waals surface area contributed by atoms with Gasteiger partial charge in [0.25, 0.3) is 0 Å². The summed E-state index contributed by atoms with van der Waals surface area (Å²) in [7, 11) is 0. The minimum atomic E-state index is -0.829. The molecule has 0 unspecified atom stereocenters. The van der Waals surface area contributed by atoms with Crippen molar-refractivity contribution in [3.8, 4) is 5.75 Å². The number of amides is 1. The second-order valence-electron chi connectivity index (χ2n) is 10.2. The molecule has 3 saturated heterocycles. The highest BCUT2D eigenvalue weighted by atomic mass is 16.5. The molecular formula is C25H34N2O6. The number of hydrogen-bond acceptors (Lipinski definition) is 6. The van der Waals surface area contributed by atoms with Crippen molar-refractivity contribution in [1.82, 2.24) is 9.80 Å². The number of likely N-dealkylation sites (tertiary alicyclic amines) is 1. The Morgan fingerprint density at radius 2 is 1.97 bits per heavy atom. The van der Waals surface area contributed by atoms with Crippen LogP contribution in [0.15, 0.2) is 24.3 Å². The van der Waals surface area contributed by atoms with Crippen LogP contribution in [0.3, 0.4) is 0 Å². The summed E-state index contributed by atoms with van der Waals surface area (Å²) in [5, 5.41) is 9.37. The summed E-state index contributed by atoms with van der Waals surface area (Å²) in [6.07, 6.45) is 2.90. The molecular weight excluding hydrogens is 424 g/mol. The number of carbonyl (C=O) groups is 2. The Morgan fingerprint density at radius 1 is 1.18 bits per heavy atom. The summed E-state index contributed by atoms with van der Waals surface area (Å²) in [6, 6.07) is 7.90. The molecule has 4 aliphatic rings. The molecule has 5 rings (SSSR count). The summed E-state index contributed by atoms with van der Waals surface area (Å²) in [6.45, 7) is 6.58. The zero-order valence-corrected chi connectivity index (χ0v) is 19.3. The quantitative estimate of drug-likeness (QED) is 0.725. The van der Waals surface area contributed by atoms with Crippen LogP contribution in [0.1, 0.15) is 50.7 Å². The van der Waals surface area contributed by atoms with Crippen molar-refractivity contribution in [3.63, 3.8) is 0 Å². The molecule has 1 amide bonds. The second kappa shape index (κ2) is 8.89. The highest BCUT2D eigenvalue weighted by Crippen LogP contribution is 2.55. The van der Waals surface area contributed by atoms with Gasteiger partial charge in [0.15, 0.2) is 0 Å². The molecule has 3 fully saturated rings. The number of carboxylic acids is 1. The number of benzene rings is 1. The molecule has 8 nitrogen and oxygen atoms in total. The first-order valence-corrected chi connectivity index (χ1v) is 12.1. The van der Waals surface area contributed by atoms with E-state index in [0.29, 0.717) is 32.8 Å². The normalized spacial score (nSPS) is 33.9. The van der Waals surface area contributed by atoms with Gasteiger partial charge in [-0.25, -0.2) is 0 Å². The zero-order chi connectivity index (χ0) is 23.1. The summed E-state index contributed by atoms with van der Waals surface area (Å²) in [5.74, 6) is 0.0669. The second-order valence-corrected chi connectivity index (χ2v) is 10.2. The standard InChI is InChI=1S/C25H34N2O6/c1-24(9-7-22(29)30)19-15-25(17-32-23(19)18-5-2-3-6-20(18)33-24)8-4-10-27(25)21(28)16-26-11-13-31-14-12-26/h2-3,5-6,19,23H,4,7-17H2,1H3,(H,29,30)/t19-,23+,24+,25+/m1/s1. The van der Waals surface area contributed by atoms with Crippen LogP contribution in [0.2, 0.25) is 0 Å². The lowest BCUT2D eigenvalue weighted by Crippen LogP contribution is -2.61. The van der Waals surface area contributed by atoms with Gasteiger partial charge in [0.2, 0.25) is 5.91 Å². The number of fused-ring (bicyclic) bond motifs is 3. The number of carboxylic acid groups (broad SMARTS) is 1. The molecule has 0 radical (unpaired) electrons. The van der Waals surface area contributed by atoms with Crippen LogP contribution in [0.5, 0.6) is 5.75 Å². The number of aliphatic carboxylic acids is 1. The summed E-state index contributed by atoms with van der Waals surface area (Å²) in [4.78, 5) is 29.0. The number of hydrogen-bond donors (Lipinski definition) is 1. The smallest absolute Gasteiger partial charge is 0.303 e. The van der Waals surface area contributed by atoms with Gasteiger partial charge in [-0.15, -0.1) is 0 Å². The predicted octanol–water partition coefficient (Wildman–Crippen LogP) is 2.47. The zero-order valence-electron chi connectivity index (χ0n) is 19.3. The summed E-state index contributed by atoms with van der Waals surface area (Å²) in [5.41, 5.74) is -0.00821. The SMILES string of the molecule is C[C@@]1(CCC(=O)O)Oc2ccccc2[C@@H]2OC[C@]3(CCCN3C(=O)CN3CCOCC3)C[C@H]21. The molecule has 4 heterocycles. The predicted molar refractivity (Wildman–Crippen MR) is 120 cm³/mol. The number of morpholine rings is 1. The van der Waals surface area contributed by atoms with E-state index in [-0.39, 0.29) is 29.9 Å². The Balaban J connectivity index is 1.40. The van der Waals surface area contributed by atoms with Crippen LogP contribution < -0.4 is 4.74 Å². The Hall–Kier alpha value is -2.16. The Kier molecular flexibility index (Phi) is 6.09. The van der Waals surface area contributed by atoms with Gasteiger partial charge in [-0.1, -0.05) is 18.2 Å². The van der Waals surface area contributed by atoms with Crippen molar-refractivity contribution in [3.05, 3.63) is 29.8 Å². The fourth-order valence-corrected chi connectivity index (χ4v) is 6.23.